The molecule has 0 unspecified atom stereocenters. The van der Waals surface area contributed by atoms with Gasteiger partial charge in [0.1, 0.15) is 29.6 Å². The molecule has 0 aliphatic carbocycles. The van der Waals surface area contributed by atoms with Crippen LogP contribution in [0, 0.1) is 11.3 Å². The highest BCUT2D eigenvalue weighted by molar-refractivity contribution is 5.79. The zero-order valence-corrected chi connectivity index (χ0v) is 13.9. The Balaban J connectivity index is 0.000000186. The predicted molar refractivity (Wildman–Crippen MR) is 92.1 cm³/mol. The maximum absolute atomic E-state index is 10.2. The number of methoxy groups -OCH3 is 2. The molecule has 0 saturated carbocycles. The second-order valence-electron chi connectivity index (χ2n) is 5.02. The number of nitrogens with zero attached hydrogens (tertiary/aromatic N) is 1. The number of aromatic hydroxyl groups is 1. The number of phenols is 1. The summed E-state index contributed by atoms with van der Waals surface area (Å²) >= 11 is 0. The molecule has 0 bridgehead atoms. The van der Waals surface area contributed by atoms with E-state index in [0.717, 1.165) is 17.1 Å². The first-order valence-electron chi connectivity index (χ1n) is 7.35. The SMILES string of the molecule is COc1ccc(C=O)c(O)c1.COc1ccc2c(c1)OCC(C#N)=C2. The zero-order chi connectivity index (χ0) is 18.2. The molecule has 0 saturated heterocycles. The van der Waals surface area contributed by atoms with Gasteiger partial charge in [-0.3, -0.25) is 4.79 Å². The zero-order valence-electron chi connectivity index (χ0n) is 13.9. The van der Waals surface area contributed by atoms with Gasteiger partial charge in [0, 0.05) is 17.7 Å². The van der Waals surface area contributed by atoms with Crippen LogP contribution >= 0.6 is 0 Å². The van der Waals surface area contributed by atoms with Crippen molar-refractivity contribution in [3.05, 3.63) is 53.1 Å². The second kappa shape index (κ2) is 8.41. The van der Waals surface area contributed by atoms with Crippen LogP contribution in [0.3, 0.4) is 0 Å². The molecule has 3 rings (SSSR count). The second-order valence-corrected chi connectivity index (χ2v) is 5.02. The van der Waals surface area contributed by atoms with Gasteiger partial charge in [-0.15, -0.1) is 0 Å². The van der Waals surface area contributed by atoms with E-state index in [1.54, 1.807) is 13.2 Å². The molecule has 1 heterocycles. The normalized spacial score (nSPS) is 11.5. The third kappa shape index (κ3) is 4.52. The Labute approximate surface area is 145 Å². The van der Waals surface area contributed by atoms with Crippen LogP contribution in [0.2, 0.25) is 0 Å². The number of ether oxygens (including phenoxy) is 3. The van der Waals surface area contributed by atoms with E-state index in [0.29, 0.717) is 24.2 Å². The van der Waals surface area contributed by atoms with Crippen molar-refractivity contribution in [2.24, 2.45) is 0 Å². The third-order valence-electron chi connectivity index (χ3n) is 3.44. The summed E-state index contributed by atoms with van der Waals surface area (Å²) in [6, 6.07) is 12.1. The smallest absolute Gasteiger partial charge is 0.153 e. The van der Waals surface area contributed by atoms with E-state index < -0.39 is 0 Å². The van der Waals surface area contributed by atoms with Gasteiger partial charge >= 0.3 is 0 Å². The van der Waals surface area contributed by atoms with Gasteiger partial charge in [-0.2, -0.15) is 5.26 Å². The maximum Gasteiger partial charge on any atom is 0.153 e. The summed E-state index contributed by atoms with van der Waals surface area (Å²) in [6.45, 7) is 0.344. The molecule has 25 heavy (non-hydrogen) atoms. The highest BCUT2D eigenvalue weighted by Gasteiger charge is 2.11. The summed E-state index contributed by atoms with van der Waals surface area (Å²) in [6.07, 6.45) is 2.42. The van der Waals surface area contributed by atoms with Crippen molar-refractivity contribution in [2.45, 2.75) is 0 Å². The van der Waals surface area contributed by atoms with Gasteiger partial charge in [-0.25, -0.2) is 0 Å². The van der Waals surface area contributed by atoms with E-state index in [1.807, 2.05) is 24.3 Å². The average Bonchev–Trinajstić information content (AvgIpc) is 2.67. The molecular formula is C19H17NO5. The van der Waals surface area contributed by atoms with Crippen LogP contribution in [0.15, 0.2) is 42.0 Å². The number of hydrogen-bond acceptors (Lipinski definition) is 6. The summed E-state index contributed by atoms with van der Waals surface area (Å²) in [5.41, 5.74) is 1.84. The molecular weight excluding hydrogens is 322 g/mol. The Morgan fingerprint density at radius 2 is 1.84 bits per heavy atom. The Hall–Kier alpha value is -3.46. The van der Waals surface area contributed by atoms with Gasteiger partial charge < -0.3 is 19.3 Å². The minimum Gasteiger partial charge on any atom is -0.507 e. The molecule has 6 nitrogen and oxygen atoms in total. The fourth-order valence-electron chi connectivity index (χ4n) is 2.09. The first-order valence-corrected chi connectivity index (χ1v) is 7.35. The van der Waals surface area contributed by atoms with E-state index in [1.165, 1.54) is 19.2 Å². The monoisotopic (exact) mass is 339 g/mol. The molecule has 0 spiro atoms. The highest BCUT2D eigenvalue weighted by atomic mass is 16.5. The van der Waals surface area contributed by atoms with Gasteiger partial charge in [0.05, 0.1) is 31.4 Å². The summed E-state index contributed by atoms with van der Waals surface area (Å²) in [5.74, 6) is 2.01. The number of nitriles is 1. The Kier molecular flexibility index (Phi) is 6.02. The van der Waals surface area contributed by atoms with Gasteiger partial charge in [-0.05, 0) is 30.3 Å². The summed E-state index contributed by atoms with van der Waals surface area (Å²) in [7, 11) is 3.11. The maximum atomic E-state index is 10.2. The lowest BCUT2D eigenvalue weighted by Crippen LogP contribution is -2.05. The predicted octanol–water partition coefficient (Wildman–Crippen LogP) is 3.21. The molecule has 2 aromatic rings. The number of hydrogen-bond donors (Lipinski definition) is 1. The first-order chi connectivity index (χ1) is 12.1. The standard InChI is InChI=1S/C11H9NO2.C8H8O3/c1-13-10-3-2-9-4-8(6-12)7-14-11(9)5-10;1-11-7-3-2-6(5-9)8(10)4-7/h2-5H,7H2,1H3;2-5,10H,1H3. The van der Waals surface area contributed by atoms with E-state index in [2.05, 4.69) is 6.07 Å². The molecule has 0 amide bonds. The Morgan fingerprint density at radius 3 is 2.44 bits per heavy atom. The molecule has 0 aromatic heterocycles. The minimum atomic E-state index is -0.0562. The number of benzene rings is 2. The summed E-state index contributed by atoms with van der Waals surface area (Å²) < 4.78 is 15.3. The van der Waals surface area contributed by atoms with E-state index >= 15 is 0 Å². The van der Waals surface area contributed by atoms with Crippen molar-refractivity contribution in [1.29, 1.82) is 5.26 Å². The van der Waals surface area contributed by atoms with Crippen LogP contribution in [-0.2, 0) is 0 Å². The fraction of sp³-hybridized carbons (Fsp3) is 0.158. The molecule has 128 valence electrons. The first kappa shape index (κ1) is 17.9. The van der Waals surface area contributed by atoms with Crippen molar-refractivity contribution >= 4 is 12.4 Å². The van der Waals surface area contributed by atoms with Crippen LogP contribution < -0.4 is 14.2 Å². The van der Waals surface area contributed by atoms with Crippen LogP contribution in [0.1, 0.15) is 15.9 Å². The lowest BCUT2D eigenvalue weighted by atomic mass is 10.1. The summed E-state index contributed by atoms with van der Waals surface area (Å²) in [5, 5.41) is 17.8. The number of carbonyl (C=O) groups excluding carboxylic acids is 1. The van der Waals surface area contributed by atoms with Crippen molar-refractivity contribution in [3.63, 3.8) is 0 Å². The topological polar surface area (TPSA) is 88.8 Å². The van der Waals surface area contributed by atoms with Gasteiger partial charge in [-0.1, -0.05) is 0 Å². The largest absolute Gasteiger partial charge is 0.507 e. The molecule has 2 aromatic carbocycles. The summed E-state index contributed by atoms with van der Waals surface area (Å²) in [4.78, 5) is 10.2. The van der Waals surface area contributed by atoms with Crippen LogP contribution in [0.5, 0.6) is 23.0 Å². The number of carbonyl (C=O) groups is 1. The van der Waals surface area contributed by atoms with E-state index in [9.17, 15) is 4.79 Å². The molecule has 1 aliphatic rings. The molecule has 1 aliphatic heterocycles. The van der Waals surface area contributed by atoms with Crippen molar-refractivity contribution in [1.82, 2.24) is 0 Å². The fourth-order valence-corrected chi connectivity index (χ4v) is 2.09. The van der Waals surface area contributed by atoms with Gasteiger partial charge in [0.25, 0.3) is 0 Å². The Morgan fingerprint density at radius 1 is 1.16 bits per heavy atom. The van der Waals surface area contributed by atoms with Crippen LogP contribution in [-0.4, -0.2) is 32.2 Å². The number of aldehydes is 1. The van der Waals surface area contributed by atoms with E-state index in [4.69, 9.17) is 24.6 Å². The number of rotatable bonds is 3. The lowest BCUT2D eigenvalue weighted by Gasteiger charge is -2.14. The molecule has 0 fully saturated rings. The van der Waals surface area contributed by atoms with Gasteiger partial charge in [0.15, 0.2) is 6.29 Å². The van der Waals surface area contributed by atoms with E-state index in [-0.39, 0.29) is 11.3 Å². The highest BCUT2D eigenvalue weighted by Crippen LogP contribution is 2.29. The molecule has 1 N–H and O–H groups in total. The molecule has 0 radical (unpaired) electrons. The minimum absolute atomic E-state index is 0.0562. The average molecular weight is 339 g/mol. The lowest BCUT2D eigenvalue weighted by molar-refractivity contribution is 0.112. The van der Waals surface area contributed by atoms with Crippen LogP contribution in [0.4, 0.5) is 0 Å². The van der Waals surface area contributed by atoms with Gasteiger partial charge in [0.2, 0.25) is 0 Å². The Bertz CT molecular complexity index is 836. The molecule has 6 heteroatoms. The quantitative estimate of drug-likeness (QED) is 0.864. The molecule has 0 atom stereocenters. The number of fused-ring (bicyclic) bond motifs is 1. The van der Waals surface area contributed by atoms with Crippen molar-refractivity contribution < 1.29 is 24.1 Å². The van der Waals surface area contributed by atoms with Crippen molar-refractivity contribution in [2.75, 3.05) is 20.8 Å². The number of phenolic OH excluding ortho intramolecular Hbond substituents is 1. The third-order valence-corrected chi connectivity index (χ3v) is 3.44. The van der Waals surface area contributed by atoms with Crippen LogP contribution in [0.25, 0.3) is 6.08 Å². The van der Waals surface area contributed by atoms with Crippen molar-refractivity contribution in [3.8, 4) is 29.1 Å².